The van der Waals surface area contributed by atoms with Crippen LogP contribution in [0, 0.1) is 12.3 Å². The molecule has 2 aromatic carbocycles. The maximum Gasteiger partial charge on any atom is 0.296 e. The molecule has 3 rings (SSSR count). The summed E-state index contributed by atoms with van der Waals surface area (Å²) in [4.78, 5) is 0.0796. The predicted molar refractivity (Wildman–Crippen MR) is 94.9 cm³/mol. The highest BCUT2D eigenvalue weighted by Gasteiger charge is 2.39. The fourth-order valence-corrected chi connectivity index (χ4v) is 3.60. The molecule has 140 valence electrons. The fourth-order valence-electron chi connectivity index (χ4n) is 2.59. The van der Waals surface area contributed by atoms with Crippen LogP contribution in [0.1, 0.15) is 17.4 Å². The molecule has 1 heterocycles. The third-order valence-corrected chi connectivity index (χ3v) is 5.60. The van der Waals surface area contributed by atoms with Crippen molar-refractivity contribution in [2.45, 2.75) is 18.1 Å². The maximum absolute atomic E-state index is 12.3. The van der Waals surface area contributed by atoms with Gasteiger partial charge in [-0.1, -0.05) is 48.0 Å². The molecule has 1 aliphatic rings. The zero-order valence-corrected chi connectivity index (χ0v) is 15.3. The van der Waals surface area contributed by atoms with Crippen molar-refractivity contribution in [1.82, 2.24) is 0 Å². The van der Waals surface area contributed by atoms with E-state index in [1.807, 2.05) is 37.3 Å². The van der Waals surface area contributed by atoms with Gasteiger partial charge in [0.1, 0.15) is 0 Å². The van der Waals surface area contributed by atoms with Gasteiger partial charge in [0.25, 0.3) is 10.1 Å². The minimum atomic E-state index is -3.91. The van der Waals surface area contributed by atoms with E-state index in [9.17, 15) is 13.5 Å². The number of rotatable bonds is 6. The van der Waals surface area contributed by atoms with Crippen LogP contribution in [-0.4, -0.2) is 40.0 Å². The van der Waals surface area contributed by atoms with Crippen LogP contribution in [0.2, 0.25) is 0 Å². The van der Waals surface area contributed by atoms with Gasteiger partial charge in [0, 0.05) is 5.56 Å². The SMILES string of the molecule is Cc1ccc(S(=O)(=O)OCC2(CO)COC(c3ccccc3)OC2)cc1. The van der Waals surface area contributed by atoms with Gasteiger partial charge in [-0.2, -0.15) is 8.42 Å². The molecule has 0 spiro atoms. The predicted octanol–water partition coefficient (Wildman–Crippen LogP) is 2.42. The summed E-state index contributed by atoms with van der Waals surface area (Å²) >= 11 is 0. The molecule has 6 nitrogen and oxygen atoms in total. The fraction of sp³-hybridized carbons (Fsp3) is 0.368. The molecular formula is C19H22O6S. The van der Waals surface area contributed by atoms with Gasteiger partial charge >= 0.3 is 0 Å². The van der Waals surface area contributed by atoms with E-state index in [0.717, 1.165) is 11.1 Å². The van der Waals surface area contributed by atoms with Crippen LogP contribution in [0.3, 0.4) is 0 Å². The first-order valence-corrected chi connectivity index (χ1v) is 9.70. The Hall–Kier alpha value is -1.77. The second-order valence-electron chi connectivity index (χ2n) is 6.55. The van der Waals surface area contributed by atoms with E-state index in [1.165, 1.54) is 12.1 Å². The molecule has 26 heavy (non-hydrogen) atoms. The Morgan fingerprint density at radius 2 is 1.69 bits per heavy atom. The summed E-state index contributed by atoms with van der Waals surface area (Å²) in [5, 5.41) is 9.77. The number of hydrogen-bond donors (Lipinski definition) is 1. The summed E-state index contributed by atoms with van der Waals surface area (Å²) in [6.45, 7) is 1.61. The summed E-state index contributed by atoms with van der Waals surface area (Å²) < 4.78 is 41.3. The Bertz CT molecular complexity index is 809. The van der Waals surface area contributed by atoms with Crippen LogP contribution in [0.25, 0.3) is 0 Å². The third-order valence-electron chi connectivity index (χ3n) is 4.32. The van der Waals surface area contributed by atoms with Crippen molar-refractivity contribution < 1.29 is 27.2 Å². The lowest BCUT2D eigenvalue weighted by molar-refractivity contribution is -0.246. The molecule has 0 saturated carbocycles. The first kappa shape index (κ1) is 19.0. The van der Waals surface area contributed by atoms with Gasteiger partial charge in [0.15, 0.2) is 6.29 Å². The quantitative estimate of drug-likeness (QED) is 0.778. The zero-order chi connectivity index (χ0) is 18.6. The number of ether oxygens (including phenoxy) is 2. The average molecular weight is 378 g/mol. The van der Waals surface area contributed by atoms with Crippen molar-refractivity contribution in [2.75, 3.05) is 26.4 Å². The van der Waals surface area contributed by atoms with Gasteiger partial charge in [-0.05, 0) is 19.1 Å². The van der Waals surface area contributed by atoms with Gasteiger partial charge in [-0.3, -0.25) is 4.18 Å². The minimum absolute atomic E-state index is 0.0796. The van der Waals surface area contributed by atoms with E-state index < -0.39 is 21.8 Å². The van der Waals surface area contributed by atoms with Crippen LogP contribution in [0.4, 0.5) is 0 Å². The van der Waals surface area contributed by atoms with Gasteiger partial charge < -0.3 is 14.6 Å². The molecule has 0 aliphatic carbocycles. The van der Waals surface area contributed by atoms with Crippen molar-refractivity contribution in [3.05, 3.63) is 65.7 Å². The lowest BCUT2D eigenvalue weighted by atomic mass is 9.91. The molecular weight excluding hydrogens is 356 g/mol. The molecule has 0 amide bonds. The molecule has 0 aromatic heterocycles. The number of benzene rings is 2. The van der Waals surface area contributed by atoms with E-state index in [-0.39, 0.29) is 31.3 Å². The molecule has 1 saturated heterocycles. The lowest BCUT2D eigenvalue weighted by Gasteiger charge is -2.38. The molecule has 7 heteroatoms. The monoisotopic (exact) mass is 378 g/mol. The molecule has 0 radical (unpaired) electrons. The van der Waals surface area contributed by atoms with E-state index >= 15 is 0 Å². The smallest absolute Gasteiger partial charge is 0.296 e. The highest BCUT2D eigenvalue weighted by molar-refractivity contribution is 7.86. The molecule has 0 atom stereocenters. The first-order chi connectivity index (χ1) is 12.4. The number of aryl methyl sites for hydroxylation is 1. The highest BCUT2D eigenvalue weighted by Crippen LogP contribution is 2.32. The van der Waals surface area contributed by atoms with Crippen LogP contribution < -0.4 is 0 Å². The molecule has 0 bridgehead atoms. The number of hydrogen-bond acceptors (Lipinski definition) is 6. The van der Waals surface area contributed by atoms with Crippen molar-refractivity contribution in [3.8, 4) is 0 Å². The summed E-state index contributed by atoms with van der Waals surface area (Å²) in [5.41, 5.74) is 0.896. The second-order valence-corrected chi connectivity index (χ2v) is 8.17. The molecule has 1 fully saturated rings. The van der Waals surface area contributed by atoms with Crippen molar-refractivity contribution in [1.29, 1.82) is 0 Å². The molecule has 1 aliphatic heterocycles. The first-order valence-electron chi connectivity index (χ1n) is 8.29. The Balaban J connectivity index is 1.64. The summed E-state index contributed by atoms with van der Waals surface area (Å²) in [5.74, 6) is 0. The Labute approximate surface area is 153 Å². The Morgan fingerprint density at radius 1 is 1.08 bits per heavy atom. The molecule has 1 N–H and O–H groups in total. The van der Waals surface area contributed by atoms with Crippen LogP contribution in [0.15, 0.2) is 59.5 Å². The van der Waals surface area contributed by atoms with Crippen LogP contribution in [-0.2, 0) is 23.8 Å². The molecule has 2 aromatic rings. The number of aliphatic hydroxyl groups is 1. The van der Waals surface area contributed by atoms with E-state index in [2.05, 4.69) is 0 Å². The summed E-state index contributed by atoms with van der Waals surface area (Å²) in [7, 11) is -3.91. The van der Waals surface area contributed by atoms with Crippen molar-refractivity contribution >= 4 is 10.1 Å². The third kappa shape index (κ3) is 4.31. The van der Waals surface area contributed by atoms with Crippen LogP contribution in [0.5, 0.6) is 0 Å². The average Bonchev–Trinajstić information content (AvgIpc) is 2.68. The lowest BCUT2D eigenvalue weighted by Crippen LogP contribution is -2.45. The van der Waals surface area contributed by atoms with E-state index in [4.69, 9.17) is 13.7 Å². The van der Waals surface area contributed by atoms with E-state index in [0.29, 0.717) is 0 Å². The second kappa shape index (κ2) is 7.85. The normalized spacial score (nSPS) is 23.7. The summed E-state index contributed by atoms with van der Waals surface area (Å²) in [6.07, 6.45) is -0.537. The van der Waals surface area contributed by atoms with Gasteiger partial charge in [0.2, 0.25) is 0 Å². The number of aliphatic hydroxyl groups excluding tert-OH is 1. The van der Waals surface area contributed by atoms with Gasteiger partial charge in [-0.25, -0.2) is 0 Å². The topological polar surface area (TPSA) is 82.1 Å². The maximum atomic E-state index is 12.3. The Kier molecular flexibility index (Phi) is 5.74. The Morgan fingerprint density at radius 3 is 2.27 bits per heavy atom. The van der Waals surface area contributed by atoms with Crippen molar-refractivity contribution in [2.24, 2.45) is 5.41 Å². The van der Waals surface area contributed by atoms with Gasteiger partial charge in [-0.15, -0.1) is 0 Å². The van der Waals surface area contributed by atoms with E-state index in [1.54, 1.807) is 12.1 Å². The summed E-state index contributed by atoms with van der Waals surface area (Å²) in [6, 6.07) is 15.8. The largest absolute Gasteiger partial charge is 0.396 e. The van der Waals surface area contributed by atoms with Crippen LogP contribution >= 0.6 is 0 Å². The zero-order valence-electron chi connectivity index (χ0n) is 14.5. The highest BCUT2D eigenvalue weighted by atomic mass is 32.2. The van der Waals surface area contributed by atoms with Crippen molar-refractivity contribution in [3.63, 3.8) is 0 Å². The minimum Gasteiger partial charge on any atom is -0.396 e. The van der Waals surface area contributed by atoms with Gasteiger partial charge in [0.05, 0.1) is 36.7 Å². The standard InChI is InChI=1S/C19H22O6S/c1-15-7-9-17(10-8-15)26(21,22)25-14-19(11-20)12-23-18(24-13-19)16-5-3-2-4-6-16/h2-10,18,20H,11-14H2,1H3. The molecule has 0 unspecified atom stereocenters.